The normalized spacial score (nSPS) is 20.7. The molecule has 82 valence electrons. The fraction of sp³-hybridized carbons (Fsp3) is 0.636. The van der Waals surface area contributed by atoms with Gasteiger partial charge in [0.25, 0.3) is 5.56 Å². The van der Waals surface area contributed by atoms with Crippen LogP contribution in [0.3, 0.4) is 0 Å². The van der Waals surface area contributed by atoms with Crippen LogP contribution in [0, 0.1) is 5.92 Å². The van der Waals surface area contributed by atoms with Crippen LogP contribution in [0.15, 0.2) is 11.0 Å². The second-order valence-electron chi connectivity index (χ2n) is 4.10. The van der Waals surface area contributed by atoms with Gasteiger partial charge in [-0.05, 0) is 31.8 Å². The summed E-state index contributed by atoms with van der Waals surface area (Å²) >= 11 is 0. The van der Waals surface area contributed by atoms with Crippen molar-refractivity contribution >= 4 is 0 Å². The summed E-state index contributed by atoms with van der Waals surface area (Å²) in [6, 6.07) is 0. The Bertz CT molecular complexity index is 380. The Morgan fingerprint density at radius 2 is 2.47 bits per heavy atom. The lowest BCUT2D eigenvalue weighted by molar-refractivity contribution is 0.559. The van der Waals surface area contributed by atoms with Crippen LogP contribution in [0.25, 0.3) is 0 Å². The Morgan fingerprint density at radius 3 is 3.07 bits per heavy atom. The van der Waals surface area contributed by atoms with Crippen LogP contribution in [0.4, 0.5) is 0 Å². The summed E-state index contributed by atoms with van der Waals surface area (Å²) in [5, 5.41) is 3.31. The molecule has 0 bridgehead atoms. The summed E-state index contributed by atoms with van der Waals surface area (Å²) in [5.74, 6) is 1.45. The average molecular weight is 207 g/mol. The van der Waals surface area contributed by atoms with Crippen molar-refractivity contribution in [2.45, 2.75) is 26.2 Å². The highest BCUT2D eigenvalue weighted by atomic mass is 16.1. The summed E-state index contributed by atoms with van der Waals surface area (Å²) in [6.07, 6.45) is 4.51. The smallest absolute Gasteiger partial charge is 0.254 e. The van der Waals surface area contributed by atoms with Crippen molar-refractivity contribution in [3.63, 3.8) is 0 Å². The van der Waals surface area contributed by atoms with Gasteiger partial charge in [0.2, 0.25) is 0 Å². The van der Waals surface area contributed by atoms with Crippen molar-refractivity contribution in [2.75, 3.05) is 13.1 Å². The molecule has 1 saturated heterocycles. The van der Waals surface area contributed by atoms with Gasteiger partial charge in [0.05, 0.1) is 0 Å². The van der Waals surface area contributed by atoms with Gasteiger partial charge in [-0.1, -0.05) is 6.92 Å². The maximum atomic E-state index is 11.5. The van der Waals surface area contributed by atoms with Crippen molar-refractivity contribution in [3.8, 4) is 0 Å². The lowest BCUT2D eigenvalue weighted by Gasteiger charge is -2.07. The fourth-order valence-corrected chi connectivity index (χ4v) is 1.98. The molecular weight excluding hydrogens is 190 g/mol. The zero-order valence-electron chi connectivity index (χ0n) is 9.05. The van der Waals surface area contributed by atoms with Gasteiger partial charge in [-0.2, -0.15) is 0 Å². The first kappa shape index (κ1) is 10.4. The zero-order chi connectivity index (χ0) is 10.7. The average Bonchev–Trinajstić information content (AvgIpc) is 2.71. The number of H-pyrrole nitrogens is 1. The van der Waals surface area contributed by atoms with Crippen molar-refractivity contribution in [3.05, 3.63) is 27.9 Å². The van der Waals surface area contributed by atoms with Crippen molar-refractivity contribution < 1.29 is 0 Å². The van der Waals surface area contributed by atoms with E-state index >= 15 is 0 Å². The van der Waals surface area contributed by atoms with Gasteiger partial charge >= 0.3 is 0 Å². The second-order valence-corrected chi connectivity index (χ2v) is 4.10. The molecule has 1 aliphatic rings. The maximum Gasteiger partial charge on any atom is 0.254 e. The van der Waals surface area contributed by atoms with Gasteiger partial charge < -0.3 is 10.3 Å². The summed E-state index contributed by atoms with van der Waals surface area (Å²) in [6.45, 7) is 4.09. The van der Waals surface area contributed by atoms with Crippen LogP contribution in [0.1, 0.15) is 24.7 Å². The predicted octanol–water partition coefficient (Wildman–Crippen LogP) is 0.484. The lowest BCUT2D eigenvalue weighted by atomic mass is 10.0. The predicted molar refractivity (Wildman–Crippen MR) is 58.9 cm³/mol. The largest absolute Gasteiger partial charge is 0.316 e. The van der Waals surface area contributed by atoms with E-state index in [1.54, 1.807) is 6.20 Å². The van der Waals surface area contributed by atoms with Crippen LogP contribution in [-0.2, 0) is 12.8 Å². The molecule has 0 saturated carbocycles. The van der Waals surface area contributed by atoms with Gasteiger partial charge in [-0.25, -0.2) is 4.98 Å². The molecule has 1 fully saturated rings. The SMILES string of the molecule is CCc1cnc(CC2CCNC2)[nH]c1=O. The molecule has 0 spiro atoms. The molecule has 1 aromatic heterocycles. The van der Waals surface area contributed by atoms with E-state index in [9.17, 15) is 4.79 Å². The van der Waals surface area contributed by atoms with Gasteiger partial charge in [-0.3, -0.25) is 4.79 Å². The van der Waals surface area contributed by atoms with Crippen LogP contribution in [-0.4, -0.2) is 23.1 Å². The quantitative estimate of drug-likeness (QED) is 0.758. The van der Waals surface area contributed by atoms with Gasteiger partial charge in [0.15, 0.2) is 0 Å². The number of hydrogen-bond acceptors (Lipinski definition) is 3. The summed E-state index contributed by atoms with van der Waals surface area (Å²) in [4.78, 5) is 18.7. The van der Waals surface area contributed by atoms with Gasteiger partial charge in [0, 0.05) is 18.2 Å². The molecule has 2 rings (SSSR count). The molecule has 4 nitrogen and oxygen atoms in total. The minimum absolute atomic E-state index is 0.0217. The molecule has 2 heterocycles. The molecule has 0 aromatic carbocycles. The number of aromatic amines is 1. The van der Waals surface area contributed by atoms with Crippen LogP contribution in [0.2, 0.25) is 0 Å². The number of nitrogens with zero attached hydrogens (tertiary/aromatic N) is 1. The Balaban J connectivity index is 2.08. The topological polar surface area (TPSA) is 57.8 Å². The van der Waals surface area contributed by atoms with Crippen molar-refractivity contribution in [1.82, 2.24) is 15.3 Å². The summed E-state index contributed by atoms with van der Waals surface area (Å²) < 4.78 is 0. The highest BCUT2D eigenvalue weighted by Crippen LogP contribution is 2.11. The van der Waals surface area contributed by atoms with E-state index < -0.39 is 0 Å². The molecule has 2 N–H and O–H groups in total. The second kappa shape index (κ2) is 4.57. The Kier molecular flexibility index (Phi) is 3.16. The number of rotatable bonds is 3. The number of aryl methyl sites for hydroxylation is 1. The highest BCUT2D eigenvalue weighted by molar-refractivity contribution is 5.05. The van der Waals surface area contributed by atoms with Crippen molar-refractivity contribution in [1.29, 1.82) is 0 Å². The van der Waals surface area contributed by atoms with Crippen molar-refractivity contribution in [2.24, 2.45) is 5.92 Å². The van der Waals surface area contributed by atoms with E-state index in [0.717, 1.165) is 37.3 Å². The third kappa shape index (κ3) is 2.45. The molecular formula is C11H17N3O. The lowest BCUT2D eigenvalue weighted by Crippen LogP contribution is -2.18. The molecule has 0 radical (unpaired) electrons. The molecule has 1 aromatic rings. The molecule has 1 unspecified atom stereocenters. The van der Waals surface area contributed by atoms with Crippen LogP contribution in [0.5, 0.6) is 0 Å². The molecule has 0 amide bonds. The summed E-state index contributed by atoms with van der Waals surface area (Å²) in [5.41, 5.74) is 0.789. The number of hydrogen-bond donors (Lipinski definition) is 2. The first-order valence-corrected chi connectivity index (χ1v) is 5.57. The highest BCUT2D eigenvalue weighted by Gasteiger charge is 2.15. The van der Waals surface area contributed by atoms with E-state index in [-0.39, 0.29) is 5.56 Å². The Morgan fingerprint density at radius 1 is 1.60 bits per heavy atom. The van der Waals surface area contributed by atoms with E-state index in [2.05, 4.69) is 15.3 Å². The maximum absolute atomic E-state index is 11.5. The summed E-state index contributed by atoms with van der Waals surface area (Å²) in [7, 11) is 0. The van der Waals surface area contributed by atoms with Gasteiger partial charge in [-0.15, -0.1) is 0 Å². The molecule has 15 heavy (non-hydrogen) atoms. The van der Waals surface area contributed by atoms with Crippen LogP contribution >= 0.6 is 0 Å². The fourth-order valence-electron chi connectivity index (χ4n) is 1.98. The third-order valence-corrected chi connectivity index (χ3v) is 2.95. The van der Waals surface area contributed by atoms with E-state index in [0.29, 0.717) is 5.92 Å². The van der Waals surface area contributed by atoms with Gasteiger partial charge in [0.1, 0.15) is 5.82 Å². The number of nitrogens with one attached hydrogen (secondary N) is 2. The first-order chi connectivity index (χ1) is 7.29. The molecule has 1 aliphatic heterocycles. The van der Waals surface area contributed by atoms with Crippen LogP contribution < -0.4 is 10.9 Å². The van der Waals surface area contributed by atoms with E-state index in [1.807, 2.05) is 6.92 Å². The standard InChI is InChI=1S/C11H17N3O/c1-2-9-7-13-10(14-11(9)15)5-8-3-4-12-6-8/h7-8,12H,2-6H2,1H3,(H,13,14,15). The minimum Gasteiger partial charge on any atom is -0.316 e. The third-order valence-electron chi connectivity index (χ3n) is 2.95. The molecule has 1 atom stereocenters. The zero-order valence-corrected chi connectivity index (χ0v) is 9.05. The minimum atomic E-state index is 0.0217. The number of aromatic nitrogens is 2. The van der Waals surface area contributed by atoms with E-state index in [1.165, 1.54) is 6.42 Å². The first-order valence-electron chi connectivity index (χ1n) is 5.57. The Hall–Kier alpha value is -1.16. The Labute approximate surface area is 89.1 Å². The molecule has 0 aliphatic carbocycles. The molecule has 4 heteroatoms. The monoisotopic (exact) mass is 207 g/mol. The van der Waals surface area contributed by atoms with E-state index in [4.69, 9.17) is 0 Å².